The van der Waals surface area contributed by atoms with Crippen molar-refractivity contribution < 1.29 is 33.7 Å². The van der Waals surface area contributed by atoms with Gasteiger partial charge in [-0.15, -0.1) is 0 Å². The Hall–Kier alpha value is -4.97. The number of carboxylic acids is 1. The lowest BCUT2D eigenvalue weighted by Crippen LogP contribution is -2.42. The van der Waals surface area contributed by atoms with Crippen molar-refractivity contribution in [2.45, 2.75) is 26.4 Å². The fourth-order valence-electron chi connectivity index (χ4n) is 3.83. The van der Waals surface area contributed by atoms with Crippen molar-refractivity contribution in [3.05, 3.63) is 83.8 Å². The highest BCUT2D eigenvalue weighted by Crippen LogP contribution is 2.32. The molecule has 210 valence electrons. The van der Waals surface area contributed by atoms with Gasteiger partial charge in [-0.1, -0.05) is 17.4 Å². The number of carbonyl (C=O) groups is 3. The lowest BCUT2D eigenvalue weighted by Gasteiger charge is -2.30. The third-order valence-electron chi connectivity index (χ3n) is 5.85. The van der Waals surface area contributed by atoms with Gasteiger partial charge in [0, 0.05) is 24.7 Å². The van der Waals surface area contributed by atoms with Crippen molar-refractivity contribution in [1.82, 2.24) is 14.9 Å². The Labute approximate surface area is 239 Å². The zero-order valence-corrected chi connectivity index (χ0v) is 23.0. The molecule has 0 saturated carbocycles. The first-order chi connectivity index (χ1) is 19.7. The first kappa shape index (κ1) is 27.6. The highest BCUT2D eigenvalue weighted by Gasteiger charge is 2.22. The molecule has 0 spiro atoms. The lowest BCUT2D eigenvalue weighted by atomic mass is 10.2. The third-order valence-corrected chi connectivity index (χ3v) is 6.64. The Bertz CT molecular complexity index is 1580. The second kappa shape index (κ2) is 12.0. The molecule has 2 aromatic carbocycles. The van der Waals surface area contributed by atoms with Crippen LogP contribution in [0.1, 0.15) is 51.5 Å². The number of pyridine rings is 1. The minimum absolute atomic E-state index is 0.0916. The highest BCUT2D eigenvalue weighted by atomic mass is 32.1. The molecule has 2 amide bonds. The predicted molar refractivity (Wildman–Crippen MR) is 151 cm³/mol. The first-order valence-electron chi connectivity index (χ1n) is 12.8. The number of nitrogens with one attached hydrogen (secondary N) is 1. The molecule has 11 nitrogen and oxygen atoms in total. The zero-order valence-electron chi connectivity index (χ0n) is 22.2. The minimum atomic E-state index is -1.06. The standard InChI is InChI=1S/C29H26N4O7S/c1-17(2)38-22-12-19(13-23(14-22)39-21-7-8-24(30-15-21)27(35)33-9-4-10-33)26(34)32-29-31-16-25(41-29)40-20-6-3-5-18(11-20)28(36)37/h3,5-8,11-17H,4,9-10H2,1-2H3,(H,36,37)(H,31,32,34). The summed E-state index contributed by atoms with van der Waals surface area (Å²) in [6, 6.07) is 14.1. The summed E-state index contributed by atoms with van der Waals surface area (Å²) in [7, 11) is 0. The molecule has 0 radical (unpaired) electrons. The van der Waals surface area contributed by atoms with Crippen LogP contribution in [0.3, 0.4) is 0 Å². The molecule has 1 saturated heterocycles. The van der Waals surface area contributed by atoms with Gasteiger partial charge in [0.2, 0.25) is 5.06 Å². The van der Waals surface area contributed by atoms with E-state index in [-0.39, 0.29) is 28.3 Å². The van der Waals surface area contributed by atoms with E-state index in [1.807, 2.05) is 13.8 Å². The van der Waals surface area contributed by atoms with Crippen molar-refractivity contribution in [2.24, 2.45) is 0 Å². The number of carboxylic acid groups (broad SMARTS) is 1. The predicted octanol–water partition coefficient (Wildman–Crippen LogP) is 5.71. The van der Waals surface area contributed by atoms with Gasteiger partial charge in [-0.25, -0.2) is 14.8 Å². The molecular formula is C29H26N4O7S. The van der Waals surface area contributed by atoms with E-state index < -0.39 is 11.9 Å². The van der Waals surface area contributed by atoms with Crippen LogP contribution in [0.25, 0.3) is 0 Å². The maximum atomic E-state index is 13.1. The number of carbonyl (C=O) groups excluding carboxylic acids is 2. The van der Waals surface area contributed by atoms with Crippen molar-refractivity contribution in [3.8, 4) is 28.1 Å². The topological polar surface area (TPSA) is 140 Å². The quantitative estimate of drug-likeness (QED) is 0.244. The van der Waals surface area contributed by atoms with Crippen molar-refractivity contribution in [1.29, 1.82) is 0 Å². The number of thiazole rings is 1. The number of benzene rings is 2. The summed E-state index contributed by atoms with van der Waals surface area (Å²) >= 11 is 1.08. The van der Waals surface area contributed by atoms with Gasteiger partial charge < -0.3 is 24.2 Å². The molecule has 3 heterocycles. The fraction of sp³-hybridized carbons (Fsp3) is 0.207. The van der Waals surface area contributed by atoms with Crippen LogP contribution in [-0.4, -0.2) is 57.0 Å². The lowest BCUT2D eigenvalue weighted by molar-refractivity contribution is 0.0644. The third kappa shape index (κ3) is 6.97. The summed E-state index contributed by atoms with van der Waals surface area (Å²) in [5, 5.41) is 12.6. The Morgan fingerprint density at radius 2 is 1.68 bits per heavy atom. The van der Waals surface area contributed by atoms with Crippen molar-refractivity contribution >= 4 is 34.3 Å². The maximum absolute atomic E-state index is 13.1. The summed E-state index contributed by atoms with van der Waals surface area (Å²) < 4.78 is 17.5. The number of anilines is 1. The largest absolute Gasteiger partial charge is 0.491 e. The van der Waals surface area contributed by atoms with Crippen molar-refractivity contribution in [2.75, 3.05) is 18.4 Å². The molecule has 1 aliphatic rings. The van der Waals surface area contributed by atoms with E-state index in [1.165, 1.54) is 24.5 Å². The molecular weight excluding hydrogens is 548 g/mol. The molecule has 5 rings (SSSR count). The highest BCUT2D eigenvalue weighted by molar-refractivity contribution is 7.17. The number of hydrogen-bond donors (Lipinski definition) is 2. The van der Waals surface area contributed by atoms with E-state index in [2.05, 4.69) is 15.3 Å². The van der Waals surface area contributed by atoms with Gasteiger partial charge >= 0.3 is 5.97 Å². The second-order valence-corrected chi connectivity index (χ2v) is 10.4. The molecule has 1 fully saturated rings. The van der Waals surface area contributed by atoms with Gasteiger partial charge in [0.15, 0.2) is 5.13 Å². The molecule has 2 aromatic heterocycles. The molecule has 0 aliphatic carbocycles. The van der Waals surface area contributed by atoms with Gasteiger partial charge in [0.05, 0.1) is 24.1 Å². The molecule has 12 heteroatoms. The number of nitrogens with zero attached hydrogens (tertiary/aromatic N) is 3. The molecule has 0 atom stereocenters. The van der Waals surface area contributed by atoms with Gasteiger partial charge in [-0.2, -0.15) is 0 Å². The first-order valence-corrected chi connectivity index (χ1v) is 13.6. The Balaban J connectivity index is 1.29. The van der Waals surface area contributed by atoms with Crippen molar-refractivity contribution in [3.63, 3.8) is 0 Å². The summed E-state index contributed by atoms with van der Waals surface area (Å²) in [5.41, 5.74) is 0.701. The summed E-state index contributed by atoms with van der Waals surface area (Å²) in [4.78, 5) is 46.9. The number of aromatic nitrogens is 2. The van der Waals surface area contributed by atoms with Gasteiger partial charge in [0.25, 0.3) is 11.8 Å². The molecule has 4 aromatic rings. The Morgan fingerprint density at radius 1 is 0.902 bits per heavy atom. The zero-order chi connectivity index (χ0) is 28.9. The van der Waals surface area contributed by atoms with Crippen LogP contribution >= 0.6 is 11.3 Å². The van der Waals surface area contributed by atoms with E-state index in [0.29, 0.717) is 33.8 Å². The number of aromatic carboxylic acids is 1. The summed E-state index contributed by atoms with van der Waals surface area (Å²) in [5.74, 6) is -0.124. The van der Waals surface area contributed by atoms with Crippen LogP contribution in [0.5, 0.6) is 28.1 Å². The monoisotopic (exact) mass is 574 g/mol. The van der Waals surface area contributed by atoms with Crippen LogP contribution in [0.15, 0.2) is 67.0 Å². The van der Waals surface area contributed by atoms with E-state index in [1.54, 1.807) is 47.4 Å². The molecule has 41 heavy (non-hydrogen) atoms. The van der Waals surface area contributed by atoms with E-state index in [0.717, 1.165) is 30.8 Å². The van der Waals surface area contributed by atoms with Crippen LogP contribution in [0, 0.1) is 0 Å². The van der Waals surface area contributed by atoms with Gasteiger partial charge in [-0.3, -0.25) is 14.9 Å². The van der Waals surface area contributed by atoms with Crippen LogP contribution in [0.4, 0.5) is 5.13 Å². The number of likely N-dealkylation sites (tertiary alicyclic amines) is 1. The van der Waals surface area contributed by atoms with Gasteiger partial charge in [-0.05, 0) is 62.7 Å². The molecule has 0 bridgehead atoms. The SMILES string of the molecule is CC(C)Oc1cc(Oc2ccc(C(=O)N3CCC3)nc2)cc(C(=O)Nc2ncc(Oc3cccc(C(=O)O)c3)s2)c1. The number of ether oxygens (including phenoxy) is 3. The van der Waals surface area contributed by atoms with Gasteiger partial charge in [0.1, 0.15) is 28.7 Å². The Morgan fingerprint density at radius 3 is 2.37 bits per heavy atom. The second-order valence-electron chi connectivity index (χ2n) is 9.36. The average Bonchev–Trinajstić information content (AvgIpc) is 3.34. The maximum Gasteiger partial charge on any atom is 0.335 e. The number of amides is 2. The normalized spacial score (nSPS) is 12.4. The molecule has 0 unspecified atom stereocenters. The number of hydrogen-bond acceptors (Lipinski definition) is 9. The number of rotatable bonds is 10. The van der Waals surface area contributed by atoms with Crippen LogP contribution in [-0.2, 0) is 0 Å². The van der Waals surface area contributed by atoms with E-state index >= 15 is 0 Å². The fourth-order valence-corrected chi connectivity index (χ4v) is 4.51. The Kier molecular flexibility index (Phi) is 8.11. The molecule has 1 aliphatic heterocycles. The van der Waals surface area contributed by atoms with E-state index in [4.69, 9.17) is 19.3 Å². The van der Waals surface area contributed by atoms with Crippen LogP contribution in [0.2, 0.25) is 0 Å². The average molecular weight is 575 g/mol. The molecule has 2 N–H and O–H groups in total. The van der Waals surface area contributed by atoms with Crippen LogP contribution < -0.4 is 19.5 Å². The smallest absolute Gasteiger partial charge is 0.335 e. The minimum Gasteiger partial charge on any atom is -0.491 e. The summed E-state index contributed by atoms with van der Waals surface area (Å²) in [6.45, 7) is 5.22. The van der Waals surface area contributed by atoms with E-state index in [9.17, 15) is 14.4 Å². The summed E-state index contributed by atoms with van der Waals surface area (Å²) in [6.07, 6.45) is 3.75.